The molecule has 0 spiro atoms. The van der Waals surface area contributed by atoms with E-state index in [1.54, 1.807) is 43.1 Å². The van der Waals surface area contributed by atoms with Gasteiger partial charge in [-0.15, -0.1) is 11.8 Å². The summed E-state index contributed by atoms with van der Waals surface area (Å²) in [6, 6.07) is 18.7. The molecule has 1 amide bonds. The number of carbonyl (C=O) groups excluding carboxylic acids is 1. The molecule has 0 aliphatic carbocycles. The van der Waals surface area contributed by atoms with Crippen LogP contribution in [0.1, 0.15) is 21.5 Å². The molecule has 0 aliphatic heterocycles. The van der Waals surface area contributed by atoms with E-state index in [2.05, 4.69) is 36.5 Å². The summed E-state index contributed by atoms with van der Waals surface area (Å²) in [7, 11) is 1.63. The molecule has 6 heteroatoms. The van der Waals surface area contributed by atoms with Crippen molar-refractivity contribution in [3.63, 3.8) is 0 Å². The van der Waals surface area contributed by atoms with E-state index in [9.17, 15) is 4.79 Å². The van der Waals surface area contributed by atoms with Crippen molar-refractivity contribution in [1.82, 2.24) is 0 Å². The summed E-state index contributed by atoms with van der Waals surface area (Å²) < 4.78 is 5.46. The number of methoxy groups -OCH3 is 1. The third-order valence-corrected chi connectivity index (χ3v) is 5.75. The summed E-state index contributed by atoms with van der Waals surface area (Å²) >= 11 is 13.7. The second-order valence-corrected chi connectivity index (χ2v) is 8.10. The van der Waals surface area contributed by atoms with E-state index < -0.39 is 0 Å². The molecule has 28 heavy (non-hydrogen) atoms. The van der Waals surface area contributed by atoms with Crippen LogP contribution in [0.5, 0.6) is 5.75 Å². The topological polar surface area (TPSA) is 38.3 Å². The number of halogens is 2. The summed E-state index contributed by atoms with van der Waals surface area (Å²) in [6.07, 6.45) is 0. The molecular formula is C22H19Cl2NO2S. The molecule has 3 aromatic rings. The number of hydrogen-bond donors (Lipinski definition) is 1. The summed E-state index contributed by atoms with van der Waals surface area (Å²) in [4.78, 5) is 13.8. The normalized spacial score (nSPS) is 10.6. The fourth-order valence-electron chi connectivity index (χ4n) is 2.61. The van der Waals surface area contributed by atoms with Crippen LogP contribution in [0.25, 0.3) is 0 Å². The average molecular weight is 432 g/mol. The third kappa shape index (κ3) is 5.22. The van der Waals surface area contributed by atoms with Gasteiger partial charge in [-0.05, 0) is 55.5 Å². The van der Waals surface area contributed by atoms with E-state index in [0.717, 1.165) is 16.2 Å². The first kappa shape index (κ1) is 20.6. The van der Waals surface area contributed by atoms with Gasteiger partial charge in [0.25, 0.3) is 5.91 Å². The summed E-state index contributed by atoms with van der Waals surface area (Å²) in [5, 5.41) is 3.73. The Bertz CT molecular complexity index is 990. The van der Waals surface area contributed by atoms with Crippen molar-refractivity contribution in [2.75, 3.05) is 12.4 Å². The van der Waals surface area contributed by atoms with Gasteiger partial charge in [0.15, 0.2) is 0 Å². The summed E-state index contributed by atoms with van der Waals surface area (Å²) in [5.41, 5.74) is 3.22. The van der Waals surface area contributed by atoms with Crippen molar-refractivity contribution < 1.29 is 9.53 Å². The molecule has 3 rings (SSSR count). The number of ether oxygens (including phenoxy) is 1. The van der Waals surface area contributed by atoms with Crippen LogP contribution in [-0.4, -0.2) is 13.0 Å². The van der Waals surface area contributed by atoms with E-state index in [1.807, 2.05) is 12.1 Å². The van der Waals surface area contributed by atoms with Gasteiger partial charge in [-0.2, -0.15) is 0 Å². The Balaban J connectivity index is 1.77. The Hall–Kier alpha value is -2.14. The number of carbonyl (C=O) groups is 1. The van der Waals surface area contributed by atoms with E-state index in [-0.39, 0.29) is 5.91 Å². The lowest BCUT2D eigenvalue weighted by Gasteiger charge is -2.12. The Labute approximate surface area is 179 Å². The Kier molecular flexibility index (Phi) is 6.89. The maximum atomic E-state index is 12.7. The first-order valence-electron chi connectivity index (χ1n) is 8.59. The van der Waals surface area contributed by atoms with Gasteiger partial charge in [0.2, 0.25) is 0 Å². The van der Waals surface area contributed by atoms with Crippen molar-refractivity contribution in [2.45, 2.75) is 17.6 Å². The highest BCUT2D eigenvalue weighted by Gasteiger charge is 2.13. The molecule has 0 aromatic heterocycles. The molecule has 144 valence electrons. The van der Waals surface area contributed by atoms with Gasteiger partial charge in [-0.1, -0.05) is 40.9 Å². The minimum atomic E-state index is -0.242. The van der Waals surface area contributed by atoms with Crippen LogP contribution in [0.2, 0.25) is 10.0 Å². The highest BCUT2D eigenvalue weighted by Crippen LogP contribution is 2.30. The minimum Gasteiger partial charge on any atom is -0.496 e. The SMILES string of the molecule is COc1ccc(C(=O)Nc2ccc(Cl)cc2Cl)cc1CSc1ccc(C)cc1. The molecule has 0 radical (unpaired) electrons. The fraction of sp³-hybridized carbons (Fsp3) is 0.136. The van der Waals surface area contributed by atoms with Crippen molar-refractivity contribution in [1.29, 1.82) is 0 Å². The average Bonchev–Trinajstić information content (AvgIpc) is 2.69. The number of hydrogen-bond acceptors (Lipinski definition) is 3. The van der Waals surface area contributed by atoms with Crippen LogP contribution in [0.3, 0.4) is 0 Å². The quantitative estimate of drug-likeness (QED) is 0.433. The minimum absolute atomic E-state index is 0.242. The molecular weight excluding hydrogens is 413 g/mol. The van der Waals surface area contributed by atoms with Crippen LogP contribution in [-0.2, 0) is 5.75 Å². The van der Waals surface area contributed by atoms with Crippen LogP contribution >= 0.6 is 35.0 Å². The van der Waals surface area contributed by atoms with Crippen LogP contribution in [0, 0.1) is 6.92 Å². The number of benzene rings is 3. The molecule has 3 nitrogen and oxygen atoms in total. The molecule has 0 aliphatic rings. The van der Waals surface area contributed by atoms with Gasteiger partial charge in [-0.25, -0.2) is 0 Å². The van der Waals surface area contributed by atoms with E-state index >= 15 is 0 Å². The molecule has 0 fully saturated rings. The standard InChI is InChI=1S/C22H19Cl2NO2S/c1-14-3-7-18(8-4-14)28-13-16-11-15(5-10-21(16)27-2)22(26)25-20-9-6-17(23)12-19(20)24/h3-12H,13H2,1-2H3,(H,25,26). The highest BCUT2D eigenvalue weighted by atomic mass is 35.5. The van der Waals surface area contributed by atoms with E-state index in [4.69, 9.17) is 27.9 Å². The lowest BCUT2D eigenvalue weighted by Crippen LogP contribution is -2.12. The summed E-state index contributed by atoms with van der Waals surface area (Å²) in [5.74, 6) is 1.20. The number of rotatable bonds is 6. The van der Waals surface area contributed by atoms with Gasteiger partial charge < -0.3 is 10.1 Å². The van der Waals surface area contributed by atoms with Gasteiger partial charge in [0.1, 0.15) is 5.75 Å². The van der Waals surface area contributed by atoms with E-state index in [0.29, 0.717) is 27.0 Å². The lowest BCUT2D eigenvalue weighted by molar-refractivity contribution is 0.102. The van der Waals surface area contributed by atoms with Crippen molar-refractivity contribution in [3.05, 3.63) is 87.4 Å². The summed E-state index contributed by atoms with van der Waals surface area (Å²) in [6.45, 7) is 2.06. The number of thioether (sulfide) groups is 1. The fourth-order valence-corrected chi connectivity index (χ4v) is 3.95. The van der Waals surface area contributed by atoms with Crippen molar-refractivity contribution in [3.8, 4) is 5.75 Å². The molecule has 0 heterocycles. The van der Waals surface area contributed by atoms with Crippen LogP contribution in [0.15, 0.2) is 65.6 Å². The number of amides is 1. The first-order valence-corrected chi connectivity index (χ1v) is 10.3. The van der Waals surface area contributed by atoms with Gasteiger partial charge in [-0.3, -0.25) is 4.79 Å². The van der Waals surface area contributed by atoms with Crippen molar-refractivity contribution >= 4 is 46.6 Å². The third-order valence-electron chi connectivity index (χ3n) is 4.14. The second kappa shape index (κ2) is 9.37. The number of nitrogens with one attached hydrogen (secondary N) is 1. The molecule has 3 aromatic carbocycles. The smallest absolute Gasteiger partial charge is 0.255 e. The van der Waals surface area contributed by atoms with E-state index in [1.165, 1.54) is 5.56 Å². The van der Waals surface area contributed by atoms with Gasteiger partial charge >= 0.3 is 0 Å². The molecule has 1 N–H and O–H groups in total. The molecule has 0 bridgehead atoms. The predicted octanol–water partition coefficient (Wildman–Crippen LogP) is 6.86. The Morgan fingerprint density at radius 2 is 1.79 bits per heavy atom. The zero-order valence-corrected chi connectivity index (χ0v) is 17.8. The molecule has 0 unspecified atom stereocenters. The van der Waals surface area contributed by atoms with Crippen LogP contribution < -0.4 is 10.1 Å². The second-order valence-electron chi connectivity index (χ2n) is 6.21. The lowest BCUT2D eigenvalue weighted by atomic mass is 10.1. The Morgan fingerprint density at radius 3 is 2.46 bits per heavy atom. The Morgan fingerprint density at radius 1 is 1.04 bits per heavy atom. The van der Waals surface area contributed by atoms with Crippen LogP contribution in [0.4, 0.5) is 5.69 Å². The highest BCUT2D eigenvalue weighted by molar-refractivity contribution is 7.98. The zero-order valence-electron chi connectivity index (χ0n) is 15.5. The number of anilines is 1. The maximum Gasteiger partial charge on any atom is 0.255 e. The van der Waals surface area contributed by atoms with Gasteiger partial charge in [0, 0.05) is 26.8 Å². The largest absolute Gasteiger partial charge is 0.496 e. The number of aryl methyl sites for hydroxylation is 1. The molecule has 0 atom stereocenters. The molecule has 0 saturated heterocycles. The van der Waals surface area contributed by atoms with Crippen molar-refractivity contribution in [2.24, 2.45) is 0 Å². The monoisotopic (exact) mass is 431 g/mol. The predicted molar refractivity (Wildman–Crippen MR) is 118 cm³/mol. The zero-order chi connectivity index (χ0) is 20.1. The first-order chi connectivity index (χ1) is 13.5. The van der Waals surface area contributed by atoms with Gasteiger partial charge in [0.05, 0.1) is 17.8 Å². The maximum absolute atomic E-state index is 12.7. The molecule has 0 saturated carbocycles.